The highest BCUT2D eigenvalue weighted by molar-refractivity contribution is 7.98. The number of rotatable bonds is 8. The zero-order valence-corrected chi connectivity index (χ0v) is 22.5. The summed E-state index contributed by atoms with van der Waals surface area (Å²) in [6.07, 6.45) is 6.46. The Labute approximate surface area is 222 Å². The van der Waals surface area contributed by atoms with Gasteiger partial charge in [0.2, 0.25) is 0 Å². The van der Waals surface area contributed by atoms with Gasteiger partial charge < -0.3 is 9.84 Å². The van der Waals surface area contributed by atoms with E-state index in [-0.39, 0.29) is 23.6 Å². The van der Waals surface area contributed by atoms with Crippen LogP contribution in [0, 0.1) is 11.2 Å². The van der Waals surface area contributed by atoms with E-state index in [1.54, 1.807) is 31.0 Å². The number of thioether (sulfide) groups is 1. The molecule has 0 heterocycles. The Morgan fingerprint density at radius 3 is 2.65 bits per heavy atom. The van der Waals surface area contributed by atoms with Crippen LogP contribution in [-0.4, -0.2) is 18.2 Å². The Kier molecular flexibility index (Phi) is 7.17. The molecule has 3 aromatic carbocycles. The lowest BCUT2D eigenvalue weighted by Gasteiger charge is -2.25. The number of aliphatic carboxylic acids is 1. The third-order valence-electron chi connectivity index (χ3n) is 7.83. The number of carboxylic acids is 1. The Morgan fingerprint density at radius 1 is 1.08 bits per heavy atom. The number of methoxy groups -OCH3 is 1. The van der Waals surface area contributed by atoms with Crippen LogP contribution in [-0.2, 0) is 17.0 Å². The normalized spacial score (nSPS) is 17.9. The van der Waals surface area contributed by atoms with Crippen molar-refractivity contribution >= 4 is 23.3 Å². The van der Waals surface area contributed by atoms with Crippen molar-refractivity contribution < 1.29 is 19.0 Å². The van der Waals surface area contributed by atoms with Gasteiger partial charge in [0.1, 0.15) is 11.6 Å². The predicted molar refractivity (Wildman–Crippen MR) is 149 cm³/mol. The fraction of sp³-hybridized carbons (Fsp3) is 0.344. The fourth-order valence-corrected chi connectivity index (χ4v) is 6.67. The second-order valence-corrected chi connectivity index (χ2v) is 11.8. The van der Waals surface area contributed by atoms with Gasteiger partial charge in [-0.1, -0.05) is 38.1 Å². The lowest BCUT2D eigenvalue weighted by atomic mass is 9.79. The van der Waals surface area contributed by atoms with E-state index < -0.39 is 5.97 Å². The van der Waals surface area contributed by atoms with Gasteiger partial charge in [0, 0.05) is 16.2 Å². The maximum atomic E-state index is 15.0. The van der Waals surface area contributed by atoms with E-state index in [4.69, 9.17) is 4.74 Å². The van der Waals surface area contributed by atoms with E-state index in [2.05, 4.69) is 50.3 Å². The Balaban J connectivity index is 1.46. The average Bonchev–Trinajstić information content (AvgIpc) is 3.44. The molecule has 3 nitrogen and oxygen atoms in total. The first kappa shape index (κ1) is 25.6. The van der Waals surface area contributed by atoms with Gasteiger partial charge in [-0.2, -0.15) is 0 Å². The highest BCUT2D eigenvalue weighted by Crippen LogP contribution is 2.48. The van der Waals surface area contributed by atoms with Crippen molar-refractivity contribution in [2.24, 2.45) is 5.41 Å². The third-order valence-corrected chi connectivity index (χ3v) is 8.90. The van der Waals surface area contributed by atoms with E-state index in [0.717, 1.165) is 47.5 Å². The molecule has 0 amide bonds. The number of fused-ring (bicyclic) bond motifs is 1. The molecule has 5 heteroatoms. The molecule has 0 aliphatic heterocycles. The minimum absolute atomic E-state index is 0.0228. The Morgan fingerprint density at radius 2 is 1.92 bits per heavy atom. The van der Waals surface area contributed by atoms with Gasteiger partial charge in [-0.15, -0.1) is 11.8 Å². The van der Waals surface area contributed by atoms with Crippen LogP contribution in [0.1, 0.15) is 67.7 Å². The molecule has 3 aromatic rings. The summed E-state index contributed by atoms with van der Waals surface area (Å²) in [5.74, 6) is 0.534. The van der Waals surface area contributed by atoms with Crippen molar-refractivity contribution in [2.45, 2.75) is 62.5 Å². The van der Waals surface area contributed by atoms with Crippen LogP contribution in [0.2, 0.25) is 0 Å². The lowest BCUT2D eigenvalue weighted by Crippen LogP contribution is -2.10. The van der Waals surface area contributed by atoms with E-state index in [1.165, 1.54) is 28.3 Å². The fourth-order valence-electron chi connectivity index (χ4n) is 5.78. The van der Waals surface area contributed by atoms with Crippen molar-refractivity contribution in [1.82, 2.24) is 0 Å². The molecular weight excluding hydrogens is 483 g/mol. The molecule has 0 radical (unpaired) electrons. The third kappa shape index (κ3) is 5.33. The highest BCUT2D eigenvalue weighted by Gasteiger charge is 2.30. The number of hydrogen-bond donors (Lipinski definition) is 1. The topological polar surface area (TPSA) is 46.5 Å². The zero-order chi connectivity index (χ0) is 26.2. The second-order valence-electron chi connectivity index (χ2n) is 10.7. The van der Waals surface area contributed by atoms with Crippen molar-refractivity contribution in [3.63, 3.8) is 0 Å². The number of benzene rings is 3. The molecule has 0 bridgehead atoms. The summed E-state index contributed by atoms with van der Waals surface area (Å²) in [7, 11) is 1.60. The van der Waals surface area contributed by atoms with Gasteiger partial charge in [0.25, 0.3) is 0 Å². The summed E-state index contributed by atoms with van der Waals surface area (Å²) in [6.45, 7) is 4.52. The van der Waals surface area contributed by atoms with Crippen molar-refractivity contribution in [3.05, 3.63) is 88.7 Å². The standard InChI is InChI=1S/C32H33FO3S/c1-32(2)14-4-5-29(32)27-15-20(6-12-25(27)28-17-23(36-3)10-13-30(28)33)19-37-24-11-9-21-7-8-22(16-31(34)35)26(21)18-24/h5-6,9-13,15,17-18,22H,4,7-8,14,16,19H2,1-3H3,(H,34,35)/t22-/m1/s1. The van der Waals surface area contributed by atoms with Crippen LogP contribution in [0.15, 0.2) is 65.6 Å². The molecule has 192 valence electrons. The summed E-state index contributed by atoms with van der Waals surface area (Å²) in [5.41, 5.74) is 7.47. The van der Waals surface area contributed by atoms with Gasteiger partial charge in [0.05, 0.1) is 13.5 Å². The SMILES string of the molecule is COc1ccc(F)c(-c2ccc(CSc3ccc4c(c3)[C@@H](CC(=O)O)CC4)cc2C2=CCCC2(C)C)c1. The van der Waals surface area contributed by atoms with Gasteiger partial charge in [-0.3, -0.25) is 4.79 Å². The van der Waals surface area contributed by atoms with E-state index >= 15 is 4.39 Å². The quantitative estimate of drug-likeness (QED) is 0.305. The van der Waals surface area contributed by atoms with Gasteiger partial charge in [-0.25, -0.2) is 4.39 Å². The van der Waals surface area contributed by atoms with E-state index in [1.807, 2.05) is 6.07 Å². The molecule has 0 spiro atoms. The summed E-state index contributed by atoms with van der Waals surface area (Å²) in [5, 5.41) is 9.28. The second kappa shape index (κ2) is 10.4. The summed E-state index contributed by atoms with van der Waals surface area (Å²) >= 11 is 1.76. The minimum atomic E-state index is -0.736. The van der Waals surface area contributed by atoms with Crippen LogP contribution in [0.3, 0.4) is 0 Å². The van der Waals surface area contributed by atoms with E-state index in [0.29, 0.717) is 11.3 Å². The van der Waals surface area contributed by atoms with Crippen LogP contribution in [0.4, 0.5) is 4.39 Å². The number of aryl methyl sites for hydroxylation is 1. The molecule has 1 N–H and O–H groups in total. The van der Waals surface area contributed by atoms with Gasteiger partial charge in [0.15, 0.2) is 0 Å². The number of carboxylic acid groups (broad SMARTS) is 1. The molecule has 2 aliphatic carbocycles. The monoisotopic (exact) mass is 516 g/mol. The molecule has 0 unspecified atom stereocenters. The number of hydrogen-bond acceptors (Lipinski definition) is 3. The Hall–Kier alpha value is -3.05. The summed E-state index contributed by atoms with van der Waals surface area (Å²) in [6, 6.07) is 17.8. The first-order valence-electron chi connectivity index (χ1n) is 12.9. The molecule has 0 saturated carbocycles. The molecule has 0 aromatic heterocycles. The lowest BCUT2D eigenvalue weighted by molar-refractivity contribution is -0.137. The van der Waals surface area contributed by atoms with Crippen LogP contribution in [0.25, 0.3) is 16.7 Å². The minimum Gasteiger partial charge on any atom is -0.497 e. The van der Waals surface area contributed by atoms with Gasteiger partial charge >= 0.3 is 5.97 Å². The number of allylic oxidation sites excluding steroid dienone is 2. The van der Waals surface area contributed by atoms with Crippen molar-refractivity contribution in [1.29, 1.82) is 0 Å². The Bertz CT molecular complexity index is 1370. The van der Waals surface area contributed by atoms with Gasteiger partial charge in [-0.05, 0) is 107 Å². The van der Waals surface area contributed by atoms with Crippen LogP contribution < -0.4 is 4.74 Å². The highest BCUT2D eigenvalue weighted by atomic mass is 32.2. The number of halogens is 1. The number of ether oxygens (including phenoxy) is 1. The van der Waals surface area contributed by atoms with Crippen LogP contribution >= 0.6 is 11.8 Å². The summed E-state index contributed by atoms with van der Waals surface area (Å²) in [4.78, 5) is 12.4. The summed E-state index contributed by atoms with van der Waals surface area (Å²) < 4.78 is 20.4. The largest absolute Gasteiger partial charge is 0.497 e. The molecule has 5 rings (SSSR count). The average molecular weight is 517 g/mol. The maximum absolute atomic E-state index is 15.0. The predicted octanol–water partition coefficient (Wildman–Crippen LogP) is 8.50. The zero-order valence-electron chi connectivity index (χ0n) is 21.6. The molecule has 37 heavy (non-hydrogen) atoms. The maximum Gasteiger partial charge on any atom is 0.303 e. The molecular formula is C32H33FO3S. The van der Waals surface area contributed by atoms with Crippen molar-refractivity contribution in [2.75, 3.05) is 7.11 Å². The van der Waals surface area contributed by atoms with E-state index in [9.17, 15) is 9.90 Å². The smallest absolute Gasteiger partial charge is 0.303 e. The first-order chi connectivity index (χ1) is 17.7. The van der Waals surface area contributed by atoms with Crippen LogP contribution in [0.5, 0.6) is 5.75 Å². The molecule has 2 aliphatic rings. The molecule has 0 saturated heterocycles. The number of carbonyl (C=O) groups is 1. The molecule has 1 atom stereocenters. The van der Waals surface area contributed by atoms with Crippen molar-refractivity contribution in [3.8, 4) is 16.9 Å². The molecule has 0 fully saturated rings. The first-order valence-corrected chi connectivity index (χ1v) is 13.9.